The fourth-order valence-electron chi connectivity index (χ4n) is 2.55. The Hall–Kier alpha value is -3.98. The van der Waals surface area contributed by atoms with E-state index in [4.69, 9.17) is 30.8 Å². The van der Waals surface area contributed by atoms with Crippen LogP contribution in [0.2, 0.25) is 0 Å². The van der Waals surface area contributed by atoms with Crippen LogP contribution in [0, 0.1) is 11.6 Å². The highest BCUT2D eigenvalue weighted by atomic mass is 32.2. The minimum Gasteiger partial charge on any atom is -0.508 e. The van der Waals surface area contributed by atoms with Gasteiger partial charge in [-0.2, -0.15) is 16.8 Å². The first kappa shape index (κ1) is 28.3. The maximum absolute atomic E-state index is 12.3. The minimum absolute atomic E-state index is 0.0489. The standard InChI is InChI=1S/C10H8O6S2.2C6H6FNO/c11-17(12,13)9-3-1-7-5-10(18(14,15)16)4-2-8(7)6-9;2*7-5-3-4(9)1-2-6(5)8/h1-6H,(H,11,12,13)(H,14,15,16);2*1-3,9H,8H2. The summed E-state index contributed by atoms with van der Waals surface area (Å²) in [6, 6.07) is 14.6. The SMILES string of the molecule is Nc1ccc(O)cc1F.Nc1ccc(O)cc1F.O=S(=O)(O)c1ccc2cc(S(=O)(=O)O)ccc2c1. The fraction of sp³-hybridized carbons (Fsp3) is 0. The summed E-state index contributed by atoms with van der Waals surface area (Å²) < 4.78 is 86.0. The van der Waals surface area contributed by atoms with Crippen molar-refractivity contribution in [2.45, 2.75) is 9.79 Å². The third kappa shape index (κ3) is 8.06. The number of nitrogen functional groups attached to an aromatic ring is 2. The summed E-state index contributed by atoms with van der Waals surface area (Å²) in [5.41, 5.74) is 10.3. The molecule has 0 saturated heterocycles. The van der Waals surface area contributed by atoms with Gasteiger partial charge in [0.05, 0.1) is 21.2 Å². The Morgan fingerprint density at radius 2 is 0.889 bits per heavy atom. The van der Waals surface area contributed by atoms with Crippen LogP contribution in [0.5, 0.6) is 11.5 Å². The minimum atomic E-state index is -4.30. The lowest BCUT2D eigenvalue weighted by Gasteiger charge is -2.03. The third-order valence-electron chi connectivity index (χ3n) is 4.35. The molecule has 0 saturated carbocycles. The zero-order chi connectivity index (χ0) is 27.3. The Balaban J connectivity index is 0.000000212. The molecule has 0 aliphatic heterocycles. The van der Waals surface area contributed by atoms with E-state index in [0.717, 1.165) is 24.3 Å². The number of nitrogens with two attached hydrogens (primary N) is 2. The third-order valence-corrected chi connectivity index (χ3v) is 6.05. The normalized spacial score (nSPS) is 11.1. The van der Waals surface area contributed by atoms with Crippen molar-refractivity contribution in [2.75, 3.05) is 11.5 Å². The molecule has 4 rings (SSSR count). The first-order chi connectivity index (χ1) is 16.6. The highest BCUT2D eigenvalue weighted by Crippen LogP contribution is 2.22. The van der Waals surface area contributed by atoms with Crippen molar-refractivity contribution in [1.82, 2.24) is 0 Å². The van der Waals surface area contributed by atoms with E-state index in [-0.39, 0.29) is 32.7 Å². The summed E-state index contributed by atoms with van der Waals surface area (Å²) in [6.07, 6.45) is 0. The summed E-state index contributed by atoms with van der Waals surface area (Å²) in [4.78, 5) is -0.566. The van der Waals surface area contributed by atoms with E-state index in [1.807, 2.05) is 0 Å². The van der Waals surface area contributed by atoms with Gasteiger partial charge in [0.15, 0.2) is 0 Å². The van der Waals surface area contributed by atoms with Crippen molar-refractivity contribution < 1.29 is 44.9 Å². The van der Waals surface area contributed by atoms with E-state index in [0.29, 0.717) is 10.8 Å². The number of phenols is 2. The number of fused-ring (bicyclic) bond motifs is 1. The molecule has 0 aromatic heterocycles. The van der Waals surface area contributed by atoms with Crippen molar-refractivity contribution in [3.05, 3.63) is 84.4 Å². The second kappa shape index (κ2) is 11.2. The quantitative estimate of drug-likeness (QED) is 0.123. The summed E-state index contributed by atoms with van der Waals surface area (Å²) in [5.74, 6) is -1.39. The van der Waals surface area contributed by atoms with Crippen molar-refractivity contribution in [3.8, 4) is 11.5 Å². The monoisotopic (exact) mass is 542 g/mol. The lowest BCUT2D eigenvalue weighted by Crippen LogP contribution is -1.99. The fourth-order valence-corrected chi connectivity index (χ4v) is 3.59. The Bertz CT molecular complexity index is 1490. The smallest absolute Gasteiger partial charge is 0.294 e. The number of rotatable bonds is 2. The Morgan fingerprint density at radius 3 is 1.14 bits per heavy atom. The van der Waals surface area contributed by atoms with Crippen LogP contribution in [0.4, 0.5) is 20.2 Å². The molecule has 0 amide bonds. The lowest BCUT2D eigenvalue weighted by atomic mass is 10.1. The van der Waals surface area contributed by atoms with Gasteiger partial charge in [-0.25, -0.2) is 8.78 Å². The van der Waals surface area contributed by atoms with Crippen molar-refractivity contribution in [1.29, 1.82) is 0 Å². The van der Waals surface area contributed by atoms with Crippen molar-refractivity contribution >= 4 is 42.4 Å². The molecule has 0 aliphatic rings. The van der Waals surface area contributed by atoms with Crippen LogP contribution in [-0.2, 0) is 20.2 Å². The number of aromatic hydroxyl groups is 2. The molecule has 8 N–H and O–H groups in total. The molecular weight excluding hydrogens is 522 g/mol. The molecule has 0 radical (unpaired) electrons. The molecule has 0 heterocycles. The molecule has 0 fully saturated rings. The summed E-state index contributed by atoms with van der Waals surface area (Å²) in [5, 5.41) is 18.1. The number of anilines is 2. The van der Waals surface area contributed by atoms with Crippen molar-refractivity contribution in [3.63, 3.8) is 0 Å². The van der Waals surface area contributed by atoms with Gasteiger partial charge in [0.2, 0.25) is 0 Å². The van der Waals surface area contributed by atoms with Crippen LogP contribution in [0.15, 0.2) is 82.6 Å². The number of halogens is 2. The molecule has 4 aromatic carbocycles. The van der Waals surface area contributed by atoms with Crippen molar-refractivity contribution in [2.24, 2.45) is 0 Å². The van der Waals surface area contributed by atoms with E-state index >= 15 is 0 Å². The maximum atomic E-state index is 12.3. The van der Waals surface area contributed by atoms with Crippen LogP contribution in [0.3, 0.4) is 0 Å². The maximum Gasteiger partial charge on any atom is 0.294 e. The van der Waals surface area contributed by atoms with E-state index in [2.05, 4.69) is 0 Å². The molecule has 0 atom stereocenters. The van der Waals surface area contributed by atoms with Crippen LogP contribution in [0.1, 0.15) is 0 Å². The first-order valence-corrected chi connectivity index (χ1v) is 12.4. The number of phenolic OH excluding ortho intramolecular Hbond substituents is 2. The Labute approximate surface area is 204 Å². The van der Waals surface area contributed by atoms with E-state index in [1.54, 1.807) is 0 Å². The molecule has 0 aliphatic carbocycles. The van der Waals surface area contributed by atoms with Gasteiger partial charge in [-0.1, -0.05) is 12.1 Å². The molecule has 36 heavy (non-hydrogen) atoms. The molecule has 4 aromatic rings. The highest BCUT2D eigenvalue weighted by Gasteiger charge is 2.13. The second-order valence-corrected chi connectivity index (χ2v) is 9.88. The van der Waals surface area contributed by atoms with Gasteiger partial charge in [-0.05, 0) is 59.3 Å². The highest BCUT2D eigenvalue weighted by molar-refractivity contribution is 7.86. The van der Waals surface area contributed by atoms with Gasteiger partial charge in [0.1, 0.15) is 23.1 Å². The predicted octanol–water partition coefficient (Wildman–Crippen LogP) is 3.56. The van der Waals surface area contributed by atoms with Crippen LogP contribution in [-0.4, -0.2) is 36.2 Å². The molecule has 14 heteroatoms. The van der Waals surface area contributed by atoms with Gasteiger partial charge in [-0.15, -0.1) is 0 Å². The van der Waals surface area contributed by atoms with Crippen LogP contribution in [0.25, 0.3) is 10.8 Å². The van der Waals surface area contributed by atoms with Gasteiger partial charge >= 0.3 is 0 Å². The summed E-state index contributed by atoms with van der Waals surface area (Å²) in [6.45, 7) is 0. The summed E-state index contributed by atoms with van der Waals surface area (Å²) in [7, 11) is -8.60. The zero-order valence-corrected chi connectivity index (χ0v) is 19.7. The van der Waals surface area contributed by atoms with Crippen LogP contribution < -0.4 is 11.5 Å². The largest absolute Gasteiger partial charge is 0.508 e. The lowest BCUT2D eigenvalue weighted by molar-refractivity contribution is 0.469. The van der Waals surface area contributed by atoms with E-state index < -0.39 is 31.9 Å². The Morgan fingerprint density at radius 1 is 0.556 bits per heavy atom. The van der Waals surface area contributed by atoms with E-state index in [1.165, 1.54) is 48.5 Å². The second-order valence-electron chi connectivity index (χ2n) is 7.03. The molecule has 0 bridgehead atoms. The molecular formula is C22H20F2N2O8S2. The molecule has 192 valence electrons. The van der Waals surface area contributed by atoms with Gasteiger partial charge in [-0.3, -0.25) is 9.11 Å². The van der Waals surface area contributed by atoms with Crippen LogP contribution >= 0.6 is 0 Å². The van der Waals surface area contributed by atoms with Gasteiger partial charge in [0, 0.05) is 12.1 Å². The average Bonchev–Trinajstić information content (AvgIpc) is 2.78. The molecule has 0 unspecified atom stereocenters. The number of hydrogen-bond donors (Lipinski definition) is 6. The average molecular weight is 543 g/mol. The molecule has 0 spiro atoms. The van der Waals surface area contributed by atoms with E-state index in [9.17, 15) is 25.6 Å². The molecule has 10 nitrogen and oxygen atoms in total. The Kier molecular flexibility index (Phi) is 8.77. The summed E-state index contributed by atoms with van der Waals surface area (Å²) >= 11 is 0. The van der Waals surface area contributed by atoms with Gasteiger partial charge in [0.25, 0.3) is 20.2 Å². The number of benzene rings is 4. The zero-order valence-electron chi connectivity index (χ0n) is 18.1. The number of hydrogen-bond acceptors (Lipinski definition) is 8. The van der Waals surface area contributed by atoms with Gasteiger partial charge < -0.3 is 21.7 Å². The first-order valence-electron chi connectivity index (χ1n) is 9.54. The topological polar surface area (TPSA) is 201 Å². The predicted molar refractivity (Wildman–Crippen MR) is 129 cm³/mol.